The molecule has 0 saturated heterocycles. The molecule has 1 atom stereocenters. The fraction of sp³-hybridized carbons (Fsp3) is 0.824. The van der Waals surface area contributed by atoms with Crippen molar-refractivity contribution in [2.45, 2.75) is 73.8 Å². The summed E-state index contributed by atoms with van der Waals surface area (Å²) in [5, 5.41) is 5.39. The third-order valence-corrected chi connectivity index (χ3v) is 3.37. The Morgan fingerprint density at radius 2 is 1.61 bits per heavy atom. The summed E-state index contributed by atoms with van der Waals surface area (Å²) in [6, 6.07) is 0. The first-order valence-corrected chi connectivity index (χ1v) is 8.46. The molecule has 0 rings (SSSR count). The van der Waals surface area contributed by atoms with Crippen molar-refractivity contribution in [1.82, 2.24) is 10.6 Å². The van der Waals surface area contributed by atoms with Gasteiger partial charge in [-0.15, -0.1) is 0 Å². The SMILES string of the molecule is CC.CCCNC(=O)CCNC(=O)C(OC(C)=O)C(C)(C)CC. The molecule has 0 heterocycles. The van der Waals surface area contributed by atoms with Gasteiger partial charge in [0.25, 0.3) is 5.91 Å². The van der Waals surface area contributed by atoms with Crippen LogP contribution in [0.3, 0.4) is 0 Å². The second-order valence-electron chi connectivity index (χ2n) is 5.72. The van der Waals surface area contributed by atoms with Gasteiger partial charge in [0.1, 0.15) is 0 Å². The smallest absolute Gasteiger partial charge is 0.303 e. The monoisotopic (exact) mass is 330 g/mol. The molecule has 0 aliphatic rings. The first kappa shape index (κ1) is 23.7. The van der Waals surface area contributed by atoms with Crippen LogP contribution < -0.4 is 10.6 Å². The van der Waals surface area contributed by atoms with Crippen molar-refractivity contribution in [3.05, 3.63) is 0 Å². The first-order valence-electron chi connectivity index (χ1n) is 8.46. The highest BCUT2D eigenvalue weighted by Gasteiger charge is 2.36. The van der Waals surface area contributed by atoms with Gasteiger partial charge in [-0.2, -0.15) is 0 Å². The van der Waals surface area contributed by atoms with Gasteiger partial charge < -0.3 is 15.4 Å². The van der Waals surface area contributed by atoms with E-state index in [1.165, 1.54) is 6.92 Å². The number of esters is 1. The van der Waals surface area contributed by atoms with Crippen LogP contribution in [0.25, 0.3) is 0 Å². The molecule has 0 aliphatic carbocycles. The average molecular weight is 330 g/mol. The van der Waals surface area contributed by atoms with Crippen LogP contribution in [0.1, 0.15) is 67.7 Å². The highest BCUT2D eigenvalue weighted by atomic mass is 16.5. The number of rotatable bonds is 9. The van der Waals surface area contributed by atoms with Gasteiger partial charge in [-0.3, -0.25) is 14.4 Å². The lowest BCUT2D eigenvalue weighted by Gasteiger charge is -2.31. The third-order valence-electron chi connectivity index (χ3n) is 3.37. The number of carbonyl (C=O) groups excluding carboxylic acids is 3. The van der Waals surface area contributed by atoms with E-state index in [1.807, 2.05) is 41.5 Å². The summed E-state index contributed by atoms with van der Waals surface area (Å²) in [5.41, 5.74) is -0.458. The molecule has 6 nitrogen and oxygen atoms in total. The summed E-state index contributed by atoms with van der Waals surface area (Å²) in [4.78, 5) is 34.8. The minimum absolute atomic E-state index is 0.101. The second-order valence-corrected chi connectivity index (χ2v) is 5.72. The Kier molecular flexibility index (Phi) is 13.3. The number of hydrogen-bond donors (Lipinski definition) is 2. The van der Waals surface area contributed by atoms with Crippen molar-refractivity contribution in [2.75, 3.05) is 13.1 Å². The van der Waals surface area contributed by atoms with E-state index in [-0.39, 0.29) is 24.8 Å². The van der Waals surface area contributed by atoms with Gasteiger partial charge >= 0.3 is 5.97 Å². The molecule has 23 heavy (non-hydrogen) atoms. The lowest BCUT2D eigenvalue weighted by atomic mass is 9.83. The number of amides is 2. The Hall–Kier alpha value is -1.59. The Labute approximate surface area is 140 Å². The zero-order chi connectivity index (χ0) is 18.5. The Morgan fingerprint density at radius 3 is 2.04 bits per heavy atom. The highest BCUT2D eigenvalue weighted by Crippen LogP contribution is 2.27. The van der Waals surface area contributed by atoms with Crippen LogP contribution in [0, 0.1) is 5.41 Å². The summed E-state index contributed by atoms with van der Waals surface area (Å²) in [7, 11) is 0. The highest BCUT2D eigenvalue weighted by molar-refractivity contribution is 5.84. The maximum absolute atomic E-state index is 12.2. The van der Waals surface area contributed by atoms with E-state index in [4.69, 9.17) is 4.74 Å². The van der Waals surface area contributed by atoms with Gasteiger partial charge in [-0.05, 0) is 12.8 Å². The van der Waals surface area contributed by atoms with Crippen LogP contribution in [0.5, 0.6) is 0 Å². The topological polar surface area (TPSA) is 84.5 Å². The quantitative estimate of drug-likeness (QED) is 0.636. The Bertz CT molecular complexity index is 368. The van der Waals surface area contributed by atoms with Gasteiger partial charge in [0.2, 0.25) is 5.91 Å². The van der Waals surface area contributed by atoms with E-state index in [2.05, 4.69) is 10.6 Å². The summed E-state index contributed by atoms with van der Waals surface area (Å²) in [6.45, 7) is 13.8. The van der Waals surface area contributed by atoms with Crippen molar-refractivity contribution in [3.63, 3.8) is 0 Å². The Balaban J connectivity index is 0. The lowest BCUT2D eigenvalue weighted by Crippen LogP contribution is -2.47. The van der Waals surface area contributed by atoms with Gasteiger partial charge in [0.15, 0.2) is 6.10 Å². The number of carbonyl (C=O) groups is 3. The molecule has 6 heteroatoms. The predicted molar refractivity (Wildman–Crippen MR) is 91.9 cm³/mol. The minimum Gasteiger partial charge on any atom is -0.452 e. The van der Waals surface area contributed by atoms with Crippen LogP contribution in [0.15, 0.2) is 0 Å². The molecular formula is C17H34N2O4. The van der Waals surface area contributed by atoms with Crippen LogP contribution in [0.4, 0.5) is 0 Å². The van der Waals surface area contributed by atoms with Gasteiger partial charge in [0, 0.05) is 31.8 Å². The molecule has 0 spiro atoms. The molecule has 0 fully saturated rings. The van der Waals surface area contributed by atoms with E-state index < -0.39 is 17.5 Å². The molecule has 136 valence electrons. The maximum atomic E-state index is 12.2. The van der Waals surface area contributed by atoms with Crippen LogP contribution in [-0.4, -0.2) is 37.0 Å². The van der Waals surface area contributed by atoms with Crippen molar-refractivity contribution in [1.29, 1.82) is 0 Å². The summed E-state index contributed by atoms with van der Waals surface area (Å²) in [6.07, 6.45) is 0.927. The fourth-order valence-electron chi connectivity index (χ4n) is 1.66. The zero-order valence-electron chi connectivity index (χ0n) is 15.7. The average Bonchev–Trinajstić information content (AvgIpc) is 2.52. The largest absolute Gasteiger partial charge is 0.452 e. The number of ether oxygens (including phenoxy) is 1. The van der Waals surface area contributed by atoms with Crippen molar-refractivity contribution in [3.8, 4) is 0 Å². The molecule has 2 amide bonds. The van der Waals surface area contributed by atoms with E-state index >= 15 is 0 Å². The van der Waals surface area contributed by atoms with E-state index in [1.54, 1.807) is 0 Å². The normalized spacial score (nSPS) is 11.6. The molecule has 0 aromatic rings. The molecule has 0 aromatic carbocycles. The second kappa shape index (κ2) is 12.9. The van der Waals surface area contributed by atoms with Crippen molar-refractivity contribution < 1.29 is 19.1 Å². The molecule has 0 aliphatic heterocycles. The third kappa shape index (κ3) is 10.7. The van der Waals surface area contributed by atoms with E-state index in [0.29, 0.717) is 13.0 Å². The Morgan fingerprint density at radius 1 is 1.04 bits per heavy atom. The standard InChI is InChI=1S/C15H28N2O4.C2H6/c1-6-9-16-12(19)8-10-17-14(20)13(21-11(3)18)15(4,5)7-2;1-2/h13H,6-10H2,1-5H3,(H,16,19)(H,17,20);1-2H3. The minimum atomic E-state index is -0.848. The van der Waals surface area contributed by atoms with Crippen molar-refractivity contribution >= 4 is 17.8 Å². The van der Waals surface area contributed by atoms with E-state index in [9.17, 15) is 14.4 Å². The maximum Gasteiger partial charge on any atom is 0.303 e. The van der Waals surface area contributed by atoms with E-state index in [0.717, 1.165) is 6.42 Å². The fourth-order valence-corrected chi connectivity index (χ4v) is 1.66. The molecule has 1 unspecified atom stereocenters. The predicted octanol–water partition coefficient (Wildman–Crippen LogP) is 2.41. The van der Waals surface area contributed by atoms with Gasteiger partial charge in [-0.1, -0.05) is 41.5 Å². The molecule has 0 aromatic heterocycles. The van der Waals surface area contributed by atoms with Crippen LogP contribution in [0.2, 0.25) is 0 Å². The number of nitrogens with one attached hydrogen (secondary N) is 2. The summed E-state index contributed by atoms with van der Waals surface area (Å²) < 4.78 is 5.14. The summed E-state index contributed by atoms with van der Waals surface area (Å²) in [5.74, 6) is -0.950. The molecule has 2 N–H and O–H groups in total. The zero-order valence-corrected chi connectivity index (χ0v) is 15.7. The van der Waals surface area contributed by atoms with Crippen LogP contribution >= 0.6 is 0 Å². The van der Waals surface area contributed by atoms with Crippen molar-refractivity contribution in [2.24, 2.45) is 5.41 Å². The van der Waals surface area contributed by atoms with Crippen LogP contribution in [-0.2, 0) is 19.1 Å². The first-order chi connectivity index (χ1) is 10.7. The molecule has 0 radical (unpaired) electrons. The van der Waals surface area contributed by atoms with Gasteiger partial charge in [-0.25, -0.2) is 0 Å². The molecular weight excluding hydrogens is 296 g/mol. The summed E-state index contributed by atoms with van der Waals surface area (Å²) >= 11 is 0. The van der Waals surface area contributed by atoms with Gasteiger partial charge in [0.05, 0.1) is 0 Å². The molecule has 0 saturated carbocycles. The molecule has 0 bridgehead atoms. The number of hydrogen-bond acceptors (Lipinski definition) is 4. The lowest BCUT2D eigenvalue weighted by molar-refractivity contribution is -0.161.